The highest BCUT2D eigenvalue weighted by Gasteiger charge is 2.16. The third-order valence-corrected chi connectivity index (χ3v) is 3.63. The first-order valence-electron chi connectivity index (χ1n) is 7.89. The summed E-state index contributed by atoms with van der Waals surface area (Å²) in [6.45, 7) is -0.228. The second kappa shape index (κ2) is 8.15. The zero-order valence-electron chi connectivity index (χ0n) is 13.9. The molecule has 0 aliphatic rings. The maximum absolute atomic E-state index is 13.1. The summed E-state index contributed by atoms with van der Waals surface area (Å²) in [5.41, 5.74) is 1.38. The minimum atomic E-state index is -1.13. The number of hydrogen-bond acceptors (Lipinski definition) is 6. The number of tetrazole rings is 1. The van der Waals surface area contributed by atoms with Gasteiger partial charge in [-0.2, -0.15) is 0 Å². The molecule has 1 unspecified atom stereocenters. The molecule has 0 fully saturated rings. The number of aliphatic hydroxyl groups excluding tert-OH is 1. The number of amides is 2. The lowest BCUT2D eigenvalue weighted by molar-refractivity contribution is -0.136. The lowest BCUT2D eigenvalue weighted by atomic mass is 10.1. The molecule has 2 aromatic carbocycles. The average molecular weight is 370 g/mol. The standard InChI is InChI=1S/C17H15FN6O3/c18-12-3-1-2-11(8-12)15(25)9-19-16(26)17(27)21-13-4-6-14(7-5-13)24-10-20-22-23-24/h1-8,10,15,25H,9H2,(H,19,26)(H,21,27). The molecule has 0 saturated heterocycles. The normalized spacial score (nSPS) is 11.6. The van der Waals surface area contributed by atoms with E-state index in [4.69, 9.17) is 0 Å². The van der Waals surface area contributed by atoms with Crippen molar-refractivity contribution in [1.29, 1.82) is 0 Å². The van der Waals surface area contributed by atoms with Crippen LogP contribution in [0.4, 0.5) is 10.1 Å². The summed E-state index contributed by atoms with van der Waals surface area (Å²) in [4.78, 5) is 23.8. The van der Waals surface area contributed by atoms with E-state index >= 15 is 0 Å². The van der Waals surface area contributed by atoms with Gasteiger partial charge < -0.3 is 15.7 Å². The van der Waals surface area contributed by atoms with Gasteiger partial charge in [-0.15, -0.1) is 5.10 Å². The van der Waals surface area contributed by atoms with Crippen LogP contribution in [0.3, 0.4) is 0 Å². The zero-order chi connectivity index (χ0) is 19.2. The highest BCUT2D eigenvalue weighted by atomic mass is 19.1. The van der Waals surface area contributed by atoms with Gasteiger partial charge in [-0.3, -0.25) is 9.59 Å². The molecule has 27 heavy (non-hydrogen) atoms. The molecule has 138 valence electrons. The highest BCUT2D eigenvalue weighted by Crippen LogP contribution is 2.14. The molecule has 0 saturated carbocycles. The van der Waals surface area contributed by atoms with E-state index in [1.807, 2.05) is 0 Å². The average Bonchev–Trinajstić information content (AvgIpc) is 3.21. The van der Waals surface area contributed by atoms with Crippen LogP contribution in [-0.4, -0.2) is 43.7 Å². The maximum Gasteiger partial charge on any atom is 0.313 e. The molecular formula is C17H15FN6O3. The number of rotatable bonds is 5. The van der Waals surface area contributed by atoms with Crippen molar-refractivity contribution in [3.05, 3.63) is 66.2 Å². The van der Waals surface area contributed by atoms with E-state index < -0.39 is 23.7 Å². The van der Waals surface area contributed by atoms with Crippen LogP contribution in [0.1, 0.15) is 11.7 Å². The van der Waals surface area contributed by atoms with Gasteiger partial charge >= 0.3 is 11.8 Å². The van der Waals surface area contributed by atoms with Crippen molar-refractivity contribution in [2.75, 3.05) is 11.9 Å². The molecule has 0 aliphatic carbocycles. The molecule has 0 spiro atoms. The Morgan fingerprint density at radius 3 is 2.59 bits per heavy atom. The van der Waals surface area contributed by atoms with Crippen molar-refractivity contribution < 1.29 is 19.1 Å². The Kier molecular flexibility index (Phi) is 5.47. The van der Waals surface area contributed by atoms with Crippen LogP contribution in [0.5, 0.6) is 0 Å². The minimum absolute atomic E-state index is 0.228. The van der Waals surface area contributed by atoms with Gasteiger partial charge in [-0.05, 0) is 52.4 Å². The van der Waals surface area contributed by atoms with E-state index in [0.29, 0.717) is 16.9 Å². The largest absolute Gasteiger partial charge is 0.387 e. The molecule has 2 amide bonds. The Labute approximate surface area is 152 Å². The SMILES string of the molecule is O=C(NCC(O)c1cccc(F)c1)C(=O)Nc1ccc(-n2cnnn2)cc1. The van der Waals surface area contributed by atoms with Crippen LogP contribution in [0.15, 0.2) is 54.9 Å². The van der Waals surface area contributed by atoms with E-state index in [9.17, 15) is 19.1 Å². The van der Waals surface area contributed by atoms with Gasteiger partial charge in [-0.25, -0.2) is 9.07 Å². The van der Waals surface area contributed by atoms with Crippen molar-refractivity contribution in [2.24, 2.45) is 0 Å². The van der Waals surface area contributed by atoms with Crippen molar-refractivity contribution in [1.82, 2.24) is 25.5 Å². The Morgan fingerprint density at radius 2 is 1.93 bits per heavy atom. The quantitative estimate of drug-likeness (QED) is 0.565. The van der Waals surface area contributed by atoms with E-state index in [0.717, 1.165) is 6.07 Å². The summed E-state index contributed by atoms with van der Waals surface area (Å²) in [5, 5.41) is 25.5. The third kappa shape index (κ3) is 4.70. The highest BCUT2D eigenvalue weighted by molar-refractivity contribution is 6.39. The number of nitrogens with one attached hydrogen (secondary N) is 2. The number of aliphatic hydroxyl groups is 1. The Hall–Kier alpha value is -3.66. The summed E-state index contributed by atoms with van der Waals surface area (Å²) in [6, 6.07) is 11.9. The van der Waals surface area contributed by atoms with Crippen molar-refractivity contribution >= 4 is 17.5 Å². The number of carbonyl (C=O) groups is 2. The lowest BCUT2D eigenvalue weighted by Gasteiger charge is -2.12. The molecule has 1 heterocycles. The summed E-state index contributed by atoms with van der Waals surface area (Å²) >= 11 is 0. The van der Waals surface area contributed by atoms with Gasteiger partial charge in [0.25, 0.3) is 0 Å². The molecular weight excluding hydrogens is 355 g/mol. The van der Waals surface area contributed by atoms with Gasteiger partial charge in [-0.1, -0.05) is 12.1 Å². The maximum atomic E-state index is 13.1. The minimum Gasteiger partial charge on any atom is -0.387 e. The fourth-order valence-electron chi connectivity index (χ4n) is 2.27. The third-order valence-electron chi connectivity index (χ3n) is 3.63. The van der Waals surface area contributed by atoms with Crippen LogP contribution >= 0.6 is 0 Å². The number of halogens is 1. The molecule has 1 atom stereocenters. The van der Waals surface area contributed by atoms with Gasteiger partial charge in [0.05, 0.1) is 11.8 Å². The van der Waals surface area contributed by atoms with Crippen LogP contribution in [-0.2, 0) is 9.59 Å². The van der Waals surface area contributed by atoms with Crippen molar-refractivity contribution in [2.45, 2.75) is 6.10 Å². The Balaban J connectivity index is 1.52. The van der Waals surface area contributed by atoms with Gasteiger partial charge in [0, 0.05) is 12.2 Å². The topological polar surface area (TPSA) is 122 Å². The second-order valence-electron chi connectivity index (χ2n) is 5.54. The monoisotopic (exact) mass is 370 g/mol. The fraction of sp³-hybridized carbons (Fsp3) is 0.118. The molecule has 0 bridgehead atoms. The van der Waals surface area contributed by atoms with E-state index in [1.165, 1.54) is 29.2 Å². The first kappa shape index (κ1) is 18.1. The van der Waals surface area contributed by atoms with Crippen LogP contribution < -0.4 is 10.6 Å². The summed E-state index contributed by atoms with van der Waals surface area (Å²) in [7, 11) is 0. The van der Waals surface area contributed by atoms with Gasteiger partial charge in [0.2, 0.25) is 0 Å². The number of carbonyl (C=O) groups excluding carboxylic acids is 2. The van der Waals surface area contributed by atoms with Crippen LogP contribution in [0, 0.1) is 5.82 Å². The number of nitrogens with zero attached hydrogens (tertiary/aromatic N) is 4. The van der Waals surface area contributed by atoms with Crippen molar-refractivity contribution in [3.8, 4) is 5.69 Å². The second-order valence-corrected chi connectivity index (χ2v) is 5.54. The van der Waals surface area contributed by atoms with E-state index in [-0.39, 0.29) is 6.54 Å². The molecule has 1 aromatic heterocycles. The van der Waals surface area contributed by atoms with Crippen LogP contribution in [0.25, 0.3) is 5.69 Å². The Bertz CT molecular complexity index is 930. The molecule has 0 aliphatic heterocycles. The van der Waals surface area contributed by atoms with E-state index in [2.05, 4.69) is 26.2 Å². The molecule has 3 N–H and O–H groups in total. The van der Waals surface area contributed by atoms with Gasteiger partial charge in [0.15, 0.2) is 0 Å². The predicted molar refractivity (Wildman–Crippen MR) is 92.2 cm³/mol. The molecule has 3 aromatic rings. The molecule has 10 heteroatoms. The smallest absolute Gasteiger partial charge is 0.313 e. The Morgan fingerprint density at radius 1 is 1.15 bits per heavy atom. The van der Waals surface area contributed by atoms with Crippen LogP contribution in [0.2, 0.25) is 0 Å². The van der Waals surface area contributed by atoms with Crippen molar-refractivity contribution in [3.63, 3.8) is 0 Å². The summed E-state index contributed by atoms with van der Waals surface area (Å²) in [6.07, 6.45) is 0.290. The van der Waals surface area contributed by atoms with Gasteiger partial charge in [0.1, 0.15) is 12.1 Å². The van der Waals surface area contributed by atoms with E-state index in [1.54, 1.807) is 24.3 Å². The zero-order valence-corrected chi connectivity index (χ0v) is 13.9. The number of aromatic nitrogens is 4. The molecule has 9 nitrogen and oxygen atoms in total. The number of anilines is 1. The number of benzene rings is 2. The molecule has 0 radical (unpaired) electrons. The fourth-order valence-corrected chi connectivity index (χ4v) is 2.27. The predicted octanol–water partition coefficient (Wildman–Crippen LogP) is 0.590. The first-order valence-corrected chi connectivity index (χ1v) is 7.89. The first-order chi connectivity index (χ1) is 13.0. The molecule has 3 rings (SSSR count). The summed E-state index contributed by atoms with van der Waals surface area (Å²) in [5.74, 6) is -2.31. The lowest BCUT2D eigenvalue weighted by Crippen LogP contribution is -2.37. The number of hydrogen-bond donors (Lipinski definition) is 3. The summed E-state index contributed by atoms with van der Waals surface area (Å²) < 4.78 is 14.6.